The molecule has 35 heavy (non-hydrogen) atoms. The van der Waals surface area contributed by atoms with Gasteiger partial charge in [0.05, 0.1) is 25.6 Å². The first kappa shape index (κ1) is 22.7. The van der Waals surface area contributed by atoms with Gasteiger partial charge in [-0.2, -0.15) is 0 Å². The maximum absolute atomic E-state index is 12.9. The van der Waals surface area contributed by atoms with Gasteiger partial charge in [0.25, 0.3) is 5.91 Å². The predicted octanol–water partition coefficient (Wildman–Crippen LogP) is 3.50. The fourth-order valence-electron chi connectivity index (χ4n) is 3.92. The van der Waals surface area contributed by atoms with Crippen molar-refractivity contribution < 1.29 is 14.6 Å². The molecule has 3 N–H and O–H groups in total. The minimum atomic E-state index is -0.185. The van der Waals surface area contributed by atoms with E-state index in [-0.39, 0.29) is 18.6 Å². The van der Waals surface area contributed by atoms with Gasteiger partial charge >= 0.3 is 0 Å². The number of hydrogen-bond acceptors (Lipinski definition) is 7. The van der Waals surface area contributed by atoms with Crippen LogP contribution in [-0.2, 0) is 13.2 Å². The highest BCUT2D eigenvalue weighted by Crippen LogP contribution is 2.28. The second-order valence-corrected chi connectivity index (χ2v) is 8.73. The predicted molar refractivity (Wildman–Crippen MR) is 134 cm³/mol. The number of anilines is 3. The summed E-state index contributed by atoms with van der Waals surface area (Å²) in [4.78, 5) is 19.5. The van der Waals surface area contributed by atoms with Crippen LogP contribution < -0.4 is 20.3 Å². The normalized spacial score (nSPS) is 13.0. The summed E-state index contributed by atoms with van der Waals surface area (Å²) in [5.41, 5.74) is 4.49. The molecule has 1 fully saturated rings. The molecule has 0 atom stereocenters. The van der Waals surface area contributed by atoms with Gasteiger partial charge < -0.3 is 25.4 Å². The molecular weight excluding hydrogens is 444 g/mol. The van der Waals surface area contributed by atoms with Crippen molar-refractivity contribution in [2.24, 2.45) is 0 Å². The third kappa shape index (κ3) is 5.04. The van der Waals surface area contributed by atoms with Crippen LogP contribution in [0.4, 0.5) is 17.2 Å². The summed E-state index contributed by atoms with van der Waals surface area (Å²) in [6.45, 7) is 0.574. The van der Waals surface area contributed by atoms with Crippen molar-refractivity contribution in [1.82, 2.24) is 19.9 Å². The van der Waals surface area contributed by atoms with Crippen LogP contribution >= 0.6 is 0 Å². The molecule has 1 aliphatic carbocycles. The zero-order valence-electron chi connectivity index (χ0n) is 19.7. The molecule has 0 saturated heterocycles. The van der Waals surface area contributed by atoms with E-state index in [1.54, 1.807) is 17.8 Å². The number of hydrogen-bond donors (Lipinski definition) is 3. The number of aliphatic hydroxyl groups is 1. The van der Waals surface area contributed by atoms with Gasteiger partial charge in [-0.05, 0) is 48.2 Å². The Bertz CT molecular complexity index is 1350. The Morgan fingerprint density at radius 1 is 1.17 bits per heavy atom. The molecule has 1 amide bonds. The molecule has 0 radical (unpaired) electrons. The van der Waals surface area contributed by atoms with Crippen LogP contribution in [0.25, 0.3) is 5.65 Å². The number of fused-ring (bicyclic) bond motifs is 1. The van der Waals surface area contributed by atoms with Crippen molar-refractivity contribution in [2.45, 2.75) is 32.0 Å². The molecule has 0 aliphatic heterocycles. The number of rotatable bonds is 9. The minimum absolute atomic E-state index is 0.0508. The van der Waals surface area contributed by atoms with E-state index in [0.717, 1.165) is 41.1 Å². The van der Waals surface area contributed by atoms with Crippen molar-refractivity contribution in [1.29, 1.82) is 0 Å². The lowest BCUT2D eigenvalue weighted by Crippen LogP contribution is -2.27. The Morgan fingerprint density at radius 3 is 2.69 bits per heavy atom. The third-order valence-corrected chi connectivity index (χ3v) is 5.97. The zero-order chi connectivity index (χ0) is 24.4. The van der Waals surface area contributed by atoms with E-state index in [9.17, 15) is 9.90 Å². The molecule has 5 rings (SSSR count). The van der Waals surface area contributed by atoms with Gasteiger partial charge in [0.1, 0.15) is 5.75 Å². The fourth-order valence-corrected chi connectivity index (χ4v) is 3.92. The first-order valence-corrected chi connectivity index (χ1v) is 11.5. The lowest BCUT2D eigenvalue weighted by Gasteiger charge is -2.21. The third-order valence-electron chi connectivity index (χ3n) is 5.97. The van der Waals surface area contributed by atoms with Crippen molar-refractivity contribution >= 4 is 28.7 Å². The van der Waals surface area contributed by atoms with Crippen molar-refractivity contribution in [3.8, 4) is 5.75 Å². The van der Waals surface area contributed by atoms with Crippen molar-refractivity contribution in [3.63, 3.8) is 0 Å². The number of aliphatic hydroxyl groups excluding tert-OH is 1. The molecule has 9 heteroatoms. The van der Waals surface area contributed by atoms with Crippen LogP contribution in [0.5, 0.6) is 5.75 Å². The molecule has 180 valence electrons. The standard InChI is InChI=1S/C26H28N6O3/c1-31(15-17-6-10-21(35-2)11-7-17)22-13-24(28-20-5-3-4-18(12-20)16-33)30-32-23(14-27-25(22)32)26(34)29-19-8-9-19/h3-7,10-14,19,33H,8-9,15-16H2,1-2H3,(H,28,30)(H,29,34). The molecule has 0 spiro atoms. The molecule has 0 bridgehead atoms. The number of benzene rings is 2. The number of nitrogens with zero attached hydrogens (tertiary/aromatic N) is 4. The Labute approximate surface area is 203 Å². The topological polar surface area (TPSA) is 104 Å². The van der Waals surface area contributed by atoms with E-state index in [4.69, 9.17) is 4.74 Å². The lowest BCUT2D eigenvalue weighted by atomic mass is 10.2. The van der Waals surface area contributed by atoms with Crippen LogP contribution in [0, 0.1) is 0 Å². The number of aromatic nitrogens is 3. The minimum Gasteiger partial charge on any atom is -0.497 e. The van der Waals surface area contributed by atoms with E-state index >= 15 is 0 Å². The van der Waals surface area contributed by atoms with Crippen LogP contribution in [0.1, 0.15) is 34.5 Å². The zero-order valence-corrected chi connectivity index (χ0v) is 19.7. The van der Waals surface area contributed by atoms with Crippen LogP contribution in [0.15, 0.2) is 60.8 Å². The largest absolute Gasteiger partial charge is 0.497 e. The Hall–Kier alpha value is -4.11. The summed E-state index contributed by atoms with van der Waals surface area (Å²) < 4.78 is 6.86. The van der Waals surface area contributed by atoms with Gasteiger partial charge in [-0.1, -0.05) is 24.3 Å². The lowest BCUT2D eigenvalue weighted by molar-refractivity contribution is 0.0944. The molecule has 2 heterocycles. The van der Waals surface area contributed by atoms with Crippen LogP contribution in [0.2, 0.25) is 0 Å². The number of amides is 1. The number of ether oxygens (including phenoxy) is 1. The van der Waals surface area contributed by atoms with Gasteiger partial charge in [0.2, 0.25) is 0 Å². The van der Waals surface area contributed by atoms with Crippen LogP contribution in [0.3, 0.4) is 0 Å². The summed E-state index contributed by atoms with van der Waals surface area (Å²) in [5, 5.41) is 20.5. The van der Waals surface area contributed by atoms with E-state index in [1.807, 2.05) is 61.6 Å². The van der Waals surface area contributed by atoms with E-state index in [0.29, 0.717) is 23.7 Å². The molecule has 0 unspecified atom stereocenters. The van der Waals surface area contributed by atoms with Gasteiger partial charge in [0, 0.05) is 31.4 Å². The first-order valence-electron chi connectivity index (χ1n) is 11.5. The van der Waals surface area contributed by atoms with Crippen LogP contribution in [-0.4, -0.2) is 45.8 Å². The molecule has 2 aromatic carbocycles. The van der Waals surface area contributed by atoms with E-state index in [1.165, 1.54) is 0 Å². The number of carbonyl (C=O) groups is 1. The number of imidazole rings is 1. The highest BCUT2D eigenvalue weighted by Gasteiger charge is 2.26. The highest BCUT2D eigenvalue weighted by molar-refractivity contribution is 5.94. The molecule has 4 aromatic rings. The molecule has 2 aromatic heterocycles. The summed E-state index contributed by atoms with van der Waals surface area (Å²) >= 11 is 0. The molecule has 1 aliphatic rings. The van der Waals surface area contributed by atoms with E-state index in [2.05, 4.69) is 25.6 Å². The summed E-state index contributed by atoms with van der Waals surface area (Å²) in [5.74, 6) is 1.18. The van der Waals surface area contributed by atoms with E-state index < -0.39 is 0 Å². The Morgan fingerprint density at radius 2 is 1.97 bits per heavy atom. The van der Waals surface area contributed by atoms with Gasteiger partial charge in [-0.3, -0.25) is 4.79 Å². The quantitative estimate of drug-likeness (QED) is 0.343. The highest BCUT2D eigenvalue weighted by atomic mass is 16.5. The molecular formula is C26H28N6O3. The summed E-state index contributed by atoms with van der Waals surface area (Å²) in [7, 11) is 3.63. The van der Waals surface area contributed by atoms with Gasteiger partial charge in [-0.15, -0.1) is 5.10 Å². The average Bonchev–Trinajstić information content (AvgIpc) is 3.59. The summed E-state index contributed by atoms with van der Waals surface area (Å²) in [6, 6.07) is 17.5. The first-order chi connectivity index (χ1) is 17.0. The number of nitrogens with one attached hydrogen (secondary N) is 2. The maximum Gasteiger partial charge on any atom is 0.271 e. The summed E-state index contributed by atoms with van der Waals surface area (Å²) in [6.07, 6.45) is 3.57. The second-order valence-electron chi connectivity index (χ2n) is 8.73. The average molecular weight is 473 g/mol. The maximum atomic E-state index is 12.9. The SMILES string of the molecule is COc1ccc(CN(C)c2cc(Nc3cccc(CO)c3)nn3c(C(=O)NC4CC4)cnc23)cc1. The van der Waals surface area contributed by atoms with Gasteiger partial charge in [0.15, 0.2) is 17.2 Å². The number of methoxy groups -OCH3 is 1. The Kier molecular flexibility index (Phi) is 6.24. The molecule has 1 saturated carbocycles. The number of carbonyl (C=O) groups excluding carboxylic acids is 1. The molecule has 9 nitrogen and oxygen atoms in total. The smallest absolute Gasteiger partial charge is 0.271 e. The fraction of sp³-hybridized carbons (Fsp3) is 0.269. The second kappa shape index (κ2) is 9.63. The Balaban J connectivity index is 1.52. The van der Waals surface area contributed by atoms with Gasteiger partial charge in [-0.25, -0.2) is 9.50 Å². The monoisotopic (exact) mass is 472 g/mol. The van der Waals surface area contributed by atoms with Crippen molar-refractivity contribution in [3.05, 3.63) is 77.6 Å². The van der Waals surface area contributed by atoms with Crippen molar-refractivity contribution in [2.75, 3.05) is 24.4 Å².